The van der Waals surface area contributed by atoms with Crippen LogP contribution >= 0.6 is 0 Å². The van der Waals surface area contributed by atoms with Gasteiger partial charge in [-0.25, -0.2) is 0 Å². The van der Waals surface area contributed by atoms with Gasteiger partial charge in [0, 0.05) is 0 Å². The van der Waals surface area contributed by atoms with Crippen LogP contribution in [0.5, 0.6) is 5.75 Å². The Morgan fingerprint density at radius 3 is 2.85 bits per heavy atom. The van der Waals surface area contributed by atoms with Crippen LogP contribution in [0.2, 0.25) is 0 Å². The highest BCUT2D eigenvalue weighted by molar-refractivity contribution is 5.33. The Bertz CT molecular complexity index is 266. The van der Waals surface area contributed by atoms with E-state index in [0.717, 1.165) is 25.2 Å². The van der Waals surface area contributed by atoms with Gasteiger partial charge >= 0.3 is 0 Å². The van der Waals surface area contributed by atoms with E-state index in [1.54, 1.807) is 0 Å². The molecule has 1 heteroatoms. The molecule has 0 radical (unpaired) electrons. The number of allylic oxidation sites excluding steroid dienone is 1. The van der Waals surface area contributed by atoms with E-state index in [4.69, 9.17) is 4.74 Å². The summed E-state index contributed by atoms with van der Waals surface area (Å²) in [7, 11) is 0. The van der Waals surface area contributed by atoms with Crippen LogP contribution < -0.4 is 4.74 Å². The van der Waals surface area contributed by atoms with Gasteiger partial charge in [0.05, 0.1) is 6.61 Å². The van der Waals surface area contributed by atoms with Gasteiger partial charge in [-0.15, -0.1) is 6.58 Å². The molecule has 0 atom stereocenters. The quantitative estimate of drug-likeness (QED) is 0.626. The minimum Gasteiger partial charge on any atom is -0.494 e. The van der Waals surface area contributed by atoms with E-state index in [9.17, 15) is 0 Å². The molecule has 0 unspecified atom stereocenters. The molecule has 0 bridgehead atoms. The van der Waals surface area contributed by atoms with Crippen molar-refractivity contribution in [2.45, 2.75) is 19.8 Å². The fraction of sp³-hybridized carbons (Fsp3) is 0.333. The van der Waals surface area contributed by atoms with Gasteiger partial charge in [-0.2, -0.15) is 0 Å². The van der Waals surface area contributed by atoms with Crippen molar-refractivity contribution < 1.29 is 4.74 Å². The monoisotopic (exact) mass is 176 g/mol. The average molecular weight is 176 g/mol. The van der Waals surface area contributed by atoms with Crippen molar-refractivity contribution in [2.24, 2.45) is 0 Å². The van der Waals surface area contributed by atoms with Gasteiger partial charge in [-0.3, -0.25) is 0 Å². The maximum absolute atomic E-state index is 5.50. The van der Waals surface area contributed by atoms with Crippen LogP contribution in [0.3, 0.4) is 0 Å². The third-order valence-electron chi connectivity index (χ3n) is 1.89. The van der Waals surface area contributed by atoms with Crippen LogP contribution in [-0.4, -0.2) is 6.61 Å². The molecule has 0 spiro atoms. The summed E-state index contributed by atoms with van der Waals surface area (Å²) in [6, 6.07) is 8.17. The number of hydrogen-bond acceptors (Lipinski definition) is 1. The molecular formula is C12H16O. The lowest BCUT2D eigenvalue weighted by molar-refractivity contribution is 0.336. The third-order valence-corrected chi connectivity index (χ3v) is 1.89. The van der Waals surface area contributed by atoms with Gasteiger partial charge in [0.15, 0.2) is 0 Å². The van der Waals surface area contributed by atoms with E-state index in [0.29, 0.717) is 0 Å². The fourth-order valence-corrected chi connectivity index (χ4v) is 1.26. The lowest BCUT2D eigenvalue weighted by atomic mass is 10.1. The molecule has 0 aliphatic carbocycles. The standard InChI is InChI=1S/C12H16O/c1-3-5-8-11-9-6-7-10-12(11)13-4-2/h3,6-7,9-10H,1,4-5,8H2,2H3. The normalized spacial score (nSPS) is 9.62. The molecule has 0 aromatic heterocycles. The lowest BCUT2D eigenvalue weighted by Crippen LogP contribution is -1.95. The predicted octanol–water partition coefficient (Wildman–Crippen LogP) is 3.20. The molecular weight excluding hydrogens is 160 g/mol. The summed E-state index contributed by atoms with van der Waals surface area (Å²) >= 11 is 0. The summed E-state index contributed by atoms with van der Waals surface area (Å²) in [5, 5.41) is 0. The summed E-state index contributed by atoms with van der Waals surface area (Å²) in [6.07, 6.45) is 3.95. The molecule has 0 saturated heterocycles. The van der Waals surface area contributed by atoms with Crippen LogP contribution in [0.4, 0.5) is 0 Å². The molecule has 1 aromatic carbocycles. The summed E-state index contributed by atoms with van der Waals surface area (Å²) in [5.41, 5.74) is 1.27. The van der Waals surface area contributed by atoms with E-state index in [-0.39, 0.29) is 0 Å². The van der Waals surface area contributed by atoms with Crippen molar-refractivity contribution in [3.8, 4) is 5.75 Å². The summed E-state index contributed by atoms with van der Waals surface area (Å²) in [4.78, 5) is 0. The van der Waals surface area contributed by atoms with Crippen molar-refractivity contribution >= 4 is 0 Å². The molecule has 0 heterocycles. The Morgan fingerprint density at radius 2 is 2.15 bits per heavy atom. The zero-order chi connectivity index (χ0) is 9.52. The van der Waals surface area contributed by atoms with Crippen molar-refractivity contribution in [2.75, 3.05) is 6.61 Å². The summed E-state index contributed by atoms with van der Waals surface area (Å²) in [5.74, 6) is 1.01. The van der Waals surface area contributed by atoms with E-state index in [1.165, 1.54) is 5.56 Å². The zero-order valence-corrected chi connectivity index (χ0v) is 8.12. The van der Waals surface area contributed by atoms with Crippen LogP contribution in [0.1, 0.15) is 18.9 Å². The van der Waals surface area contributed by atoms with Gasteiger partial charge in [0.2, 0.25) is 0 Å². The lowest BCUT2D eigenvalue weighted by Gasteiger charge is -2.08. The number of ether oxygens (including phenoxy) is 1. The molecule has 0 fully saturated rings. The summed E-state index contributed by atoms with van der Waals surface area (Å²) in [6.45, 7) is 6.44. The smallest absolute Gasteiger partial charge is 0.122 e. The number of rotatable bonds is 5. The Labute approximate surface area is 80.0 Å². The first-order chi connectivity index (χ1) is 6.38. The Kier molecular flexibility index (Phi) is 4.10. The average Bonchev–Trinajstić information content (AvgIpc) is 2.17. The Hall–Kier alpha value is -1.24. The van der Waals surface area contributed by atoms with E-state index >= 15 is 0 Å². The van der Waals surface area contributed by atoms with Crippen LogP contribution in [0.25, 0.3) is 0 Å². The van der Waals surface area contributed by atoms with Gasteiger partial charge in [0.1, 0.15) is 5.75 Å². The topological polar surface area (TPSA) is 9.23 Å². The molecule has 0 aliphatic heterocycles. The first-order valence-electron chi connectivity index (χ1n) is 4.70. The highest BCUT2D eigenvalue weighted by atomic mass is 16.5. The second-order valence-corrected chi connectivity index (χ2v) is 2.87. The van der Waals surface area contributed by atoms with E-state index in [2.05, 4.69) is 12.6 Å². The van der Waals surface area contributed by atoms with Crippen molar-refractivity contribution in [3.05, 3.63) is 42.5 Å². The molecule has 1 nitrogen and oxygen atoms in total. The molecule has 13 heavy (non-hydrogen) atoms. The highest BCUT2D eigenvalue weighted by Crippen LogP contribution is 2.19. The molecule has 1 rings (SSSR count). The van der Waals surface area contributed by atoms with E-state index in [1.807, 2.05) is 31.2 Å². The Balaban J connectivity index is 2.71. The number of aryl methyl sites for hydroxylation is 1. The maximum atomic E-state index is 5.50. The second kappa shape index (κ2) is 5.41. The van der Waals surface area contributed by atoms with Crippen molar-refractivity contribution in [1.82, 2.24) is 0 Å². The van der Waals surface area contributed by atoms with Crippen LogP contribution in [-0.2, 0) is 6.42 Å². The first kappa shape index (κ1) is 9.85. The highest BCUT2D eigenvalue weighted by Gasteiger charge is 1.99. The zero-order valence-electron chi connectivity index (χ0n) is 8.12. The van der Waals surface area contributed by atoms with Gasteiger partial charge in [0.25, 0.3) is 0 Å². The van der Waals surface area contributed by atoms with Gasteiger partial charge < -0.3 is 4.74 Å². The number of para-hydroxylation sites is 1. The van der Waals surface area contributed by atoms with Gasteiger partial charge in [-0.1, -0.05) is 24.3 Å². The Morgan fingerprint density at radius 1 is 1.38 bits per heavy atom. The minimum absolute atomic E-state index is 0.727. The minimum atomic E-state index is 0.727. The van der Waals surface area contributed by atoms with Crippen molar-refractivity contribution in [3.63, 3.8) is 0 Å². The van der Waals surface area contributed by atoms with E-state index < -0.39 is 0 Å². The summed E-state index contributed by atoms with van der Waals surface area (Å²) < 4.78 is 5.50. The van der Waals surface area contributed by atoms with Crippen LogP contribution in [0.15, 0.2) is 36.9 Å². The largest absolute Gasteiger partial charge is 0.494 e. The van der Waals surface area contributed by atoms with Gasteiger partial charge in [-0.05, 0) is 31.4 Å². The SMILES string of the molecule is C=CCCc1ccccc1OCC. The fourth-order valence-electron chi connectivity index (χ4n) is 1.26. The number of benzene rings is 1. The molecule has 70 valence electrons. The first-order valence-corrected chi connectivity index (χ1v) is 4.70. The predicted molar refractivity (Wildman–Crippen MR) is 56.1 cm³/mol. The van der Waals surface area contributed by atoms with Crippen molar-refractivity contribution in [1.29, 1.82) is 0 Å². The molecule has 0 N–H and O–H groups in total. The number of hydrogen-bond donors (Lipinski definition) is 0. The second-order valence-electron chi connectivity index (χ2n) is 2.87. The molecule has 1 aromatic rings. The maximum Gasteiger partial charge on any atom is 0.122 e. The van der Waals surface area contributed by atoms with Crippen LogP contribution in [0, 0.1) is 0 Å². The molecule has 0 saturated carbocycles. The molecule has 0 aliphatic rings. The third kappa shape index (κ3) is 2.94. The molecule has 0 amide bonds.